The van der Waals surface area contributed by atoms with Gasteiger partial charge in [-0.3, -0.25) is 9.89 Å². The maximum atomic E-state index is 5.73. The van der Waals surface area contributed by atoms with E-state index in [1.54, 1.807) is 0 Å². The molecule has 0 aromatic heterocycles. The third-order valence-electron chi connectivity index (χ3n) is 5.57. The fourth-order valence-corrected chi connectivity index (χ4v) is 3.83. The van der Waals surface area contributed by atoms with Gasteiger partial charge in [0.2, 0.25) is 0 Å². The molecule has 166 valence electrons. The Morgan fingerprint density at radius 1 is 1.25 bits per heavy atom. The van der Waals surface area contributed by atoms with Crippen LogP contribution in [0.1, 0.15) is 59.8 Å². The normalized spacial score (nSPS) is 24.1. The molecule has 0 saturated carbocycles. The molecule has 2 fully saturated rings. The lowest BCUT2D eigenvalue weighted by atomic mass is 9.94. The second kappa shape index (κ2) is 14.0. The number of aliphatic imine (C=N–C) groups is 1. The Morgan fingerprint density at radius 3 is 2.75 bits per heavy atom. The highest BCUT2D eigenvalue weighted by atomic mass is 127. The molecule has 2 unspecified atom stereocenters. The largest absolute Gasteiger partial charge is 0.379 e. The minimum atomic E-state index is 0. The summed E-state index contributed by atoms with van der Waals surface area (Å²) in [6, 6.07) is 0. The van der Waals surface area contributed by atoms with Gasteiger partial charge >= 0.3 is 0 Å². The van der Waals surface area contributed by atoms with Crippen molar-refractivity contribution < 1.29 is 9.47 Å². The zero-order valence-corrected chi connectivity index (χ0v) is 20.8. The summed E-state index contributed by atoms with van der Waals surface area (Å²) in [6.07, 6.45) is 6.26. The maximum Gasteiger partial charge on any atom is 0.191 e. The topological polar surface area (TPSA) is 58.1 Å². The van der Waals surface area contributed by atoms with E-state index in [0.717, 1.165) is 64.2 Å². The van der Waals surface area contributed by atoms with Gasteiger partial charge in [-0.15, -0.1) is 24.0 Å². The molecule has 2 N–H and O–H groups in total. The minimum Gasteiger partial charge on any atom is -0.379 e. The van der Waals surface area contributed by atoms with Crippen LogP contribution in [0.4, 0.5) is 0 Å². The second-order valence-corrected chi connectivity index (χ2v) is 8.69. The molecule has 0 aromatic rings. The fourth-order valence-electron chi connectivity index (χ4n) is 3.83. The highest BCUT2D eigenvalue weighted by Crippen LogP contribution is 2.24. The molecule has 28 heavy (non-hydrogen) atoms. The fraction of sp³-hybridized carbons (Fsp3) is 0.952. The average Bonchev–Trinajstić information content (AvgIpc) is 3.16. The summed E-state index contributed by atoms with van der Waals surface area (Å²) in [5.74, 6) is 1.71. The zero-order valence-electron chi connectivity index (χ0n) is 18.5. The van der Waals surface area contributed by atoms with E-state index in [4.69, 9.17) is 14.5 Å². The molecule has 2 atom stereocenters. The average molecular weight is 511 g/mol. The number of guanidine groups is 1. The van der Waals surface area contributed by atoms with Gasteiger partial charge in [-0.25, -0.2) is 0 Å². The summed E-state index contributed by atoms with van der Waals surface area (Å²) >= 11 is 0. The van der Waals surface area contributed by atoms with Gasteiger partial charge in [-0.05, 0) is 65.3 Å². The maximum absolute atomic E-state index is 5.73. The first-order valence-corrected chi connectivity index (χ1v) is 11.0. The van der Waals surface area contributed by atoms with Gasteiger partial charge in [0.25, 0.3) is 0 Å². The van der Waals surface area contributed by atoms with Gasteiger partial charge < -0.3 is 20.1 Å². The van der Waals surface area contributed by atoms with Crippen molar-refractivity contribution in [1.82, 2.24) is 15.5 Å². The predicted molar refractivity (Wildman–Crippen MR) is 128 cm³/mol. The molecule has 2 heterocycles. The summed E-state index contributed by atoms with van der Waals surface area (Å²) in [6.45, 7) is 16.4. The molecular weight excluding hydrogens is 467 g/mol. The Balaban J connectivity index is 0.00000392. The molecular formula is C21H43IN4O2. The van der Waals surface area contributed by atoms with E-state index in [0.29, 0.717) is 6.10 Å². The monoisotopic (exact) mass is 510 g/mol. The van der Waals surface area contributed by atoms with Crippen LogP contribution in [0.5, 0.6) is 0 Å². The Bertz CT molecular complexity index is 442. The first-order valence-electron chi connectivity index (χ1n) is 11.0. The number of nitrogens with zero attached hydrogens (tertiary/aromatic N) is 2. The van der Waals surface area contributed by atoms with Crippen LogP contribution < -0.4 is 10.6 Å². The Kier molecular flexibility index (Phi) is 12.9. The lowest BCUT2D eigenvalue weighted by Gasteiger charge is -2.42. The number of rotatable bonds is 10. The van der Waals surface area contributed by atoms with Crippen LogP contribution in [0.25, 0.3) is 0 Å². The van der Waals surface area contributed by atoms with E-state index in [1.165, 1.54) is 32.4 Å². The summed E-state index contributed by atoms with van der Waals surface area (Å²) in [4.78, 5) is 7.46. The number of nitrogens with one attached hydrogen (secondary N) is 2. The van der Waals surface area contributed by atoms with Gasteiger partial charge in [0, 0.05) is 38.4 Å². The number of piperidine rings is 1. The number of ether oxygens (including phenoxy) is 2. The van der Waals surface area contributed by atoms with E-state index in [9.17, 15) is 0 Å². The SMILES string of the molecule is CCNC(=NCC(C)(C)N1CCCC(C)C1)NCCCOCC1CCCO1.I. The number of likely N-dealkylation sites (tertiary alicyclic amines) is 1. The lowest BCUT2D eigenvalue weighted by molar-refractivity contribution is 0.0168. The van der Waals surface area contributed by atoms with Crippen molar-refractivity contribution in [3.05, 3.63) is 0 Å². The van der Waals surface area contributed by atoms with Crippen molar-refractivity contribution in [1.29, 1.82) is 0 Å². The Labute approximate surface area is 189 Å². The molecule has 2 aliphatic rings. The van der Waals surface area contributed by atoms with Crippen LogP contribution in [-0.4, -0.2) is 75.0 Å². The van der Waals surface area contributed by atoms with Crippen LogP contribution in [0.2, 0.25) is 0 Å². The third kappa shape index (κ3) is 9.59. The highest BCUT2D eigenvalue weighted by molar-refractivity contribution is 14.0. The van der Waals surface area contributed by atoms with Gasteiger partial charge in [0.05, 0.1) is 19.3 Å². The van der Waals surface area contributed by atoms with Crippen molar-refractivity contribution in [2.75, 3.05) is 52.5 Å². The summed E-state index contributed by atoms with van der Waals surface area (Å²) < 4.78 is 11.3. The van der Waals surface area contributed by atoms with Crippen molar-refractivity contribution in [2.45, 2.75) is 71.4 Å². The van der Waals surface area contributed by atoms with Crippen LogP contribution >= 0.6 is 24.0 Å². The third-order valence-corrected chi connectivity index (χ3v) is 5.57. The number of halogens is 1. The standard InChI is InChI=1S/C21H42N4O2.HI/c1-5-22-20(23-11-8-13-26-16-19-10-7-14-27-19)24-17-21(3,4)25-12-6-9-18(2)15-25;/h18-19H,5-17H2,1-4H3,(H2,22,23,24);1H. The number of hydrogen-bond acceptors (Lipinski definition) is 4. The lowest BCUT2D eigenvalue weighted by Crippen LogP contribution is -2.51. The molecule has 0 aliphatic carbocycles. The van der Waals surface area contributed by atoms with Crippen LogP contribution in [0.3, 0.4) is 0 Å². The van der Waals surface area contributed by atoms with Gasteiger partial charge in [-0.1, -0.05) is 6.92 Å². The predicted octanol–water partition coefficient (Wildman–Crippen LogP) is 3.26. The first kappa shape index (κ1) is 25.9. The zero-order chi connectivity index (χ0) is 19.5. The molecule has 0 bridgehead atoms. The molecule has 2 aliphatic heterocycles. The molecule has 0 spiro atoms. The van der Waals surface area contributed by atoms with Crippen LogP contribution in [0.15, 0.2) is 4.99 Å². The van der Waals surface area contributed by atoms with E-state index in [-0.39, 0.29) is 29.5 Å². The van der Waals surface area contributed by atoms with Crippen molar-refractivity contribution >= 4 is 29.9 Å². The summed E-state index contributed by atoms with van der Waals surface area (Å²) in [5.41, 5.74) is 0.0986. The Morgan fingerprint density at radius 2 is 2.07 bits per heavy atom. The molecule has 0 radical (unpaired) electrons. The van der Waals surface area contributed by atoms with Crippen molar-refractivity contribution in [3.63, 3.8) is 0 Å². The molecule has 6 nitrogen and oxygen atoms in total. The molecule has 2 saturated heterocycles. The molecule has 0 amide bonds. The summed E-state index contributed by atoms with van der Waals surface area (Å²) in [7, 11) is 0. The first-order chi connectivity index (χ1) is 13.0. The smallest absolute Gasteiger partial charge is 0.191 e. The quantitative estimate of drug-likeness (QED) is 0.205. The van der Waals surface area contributed by atoms with Gasteiger partial charge in [0.1, 0.15) is 0 Å². The van der Waals surface area contributed by atoms with E-state index in [1.807, 2.05) is 0 Å². The minimum absolute atomic E-state index is 0. The highest BCUT2D eigenvalue weighted by Gasteiger charge is 2.30. The van der Waals surface area contributed by atoms with Crippen molar-refractivity contribution in [3.8, 4) is 0 Å². The molecule has 0 aromatic carbocycles. The van der Waals surface area contributed by atoms with E-state index < -0.39 is 0 Å². The summed E-state index contributed by atoms with van der Waals surface area (Å²) in [5, 5.41) is 6.80. The Hall–Kier alpha value is -0.120. The molecule has 2 rings (SSSR count). The molecule has 7 heteroatoms. The van der Waals surface area contributed by atoms with Crippen molar-refractivity contribution in [2.24, 2.45) is 10.9 Å². The number of hydrogen-bond donors (Lipinski definition) is 2. The van der Waals surface area contributed by atoms with Gasteiger partial charge in [0.15, 0.2) is 5.96 Å². The van der Waals surface area contributed by atoms with E-state index >= 15 is 0 Å². The second-order valence-electron chi connectivity index (χ2n) is 8.69. The van der Waals surface area contributed by atoms with Gasteiger partial charge in [-0.2, -0.15) is 0 Å². The van der Waals surface area contributed by atoms with Crippen LogP contribution in [0, 0.1) is 5.92 Å². The van der Waals surface area contributed by atoms with E-state index in [2.05, 4.69) is 43.2 Å². The van der Waals surface area contributed by atoms with Crippen LogP contribution in [-0.2, 0) is 9.47 Å².